The van der Waals surface area contributed by atoms with E-state index in [1.54, 1.807) is 6.07 Å². The summed E-state index contributed by atoms with van der Waals surface area (Å²) in [5, 5.41) is 9.10. The fourth-order valence-corrected chi connectivity index (χ4v) is 5.53. The molecule has 36 heavy (non-hydrogen) atoms. The minimum absolute atomic E-state index is 0.00867. The lowest BCUT2D eigenvalue weighted by Gasteiger charge is -2.27. The average Bonchev–Trinajstić information content (AvgIpc) is 3.27. The number of fused-ring (bicyclic) bond motifs is 1. The fourth-order valence-electron chi connectivity index (χ4n) is 5.53. The van der Waals surface area contributed by atoms with Gasteiger partial charge in [0.1, 0.15) is 18.2 Å². The molecular formula is C28H27F4NO3. The first-order valence-electron chi connectivity index (χ1n) is 12.1. The Kier molecular flexibility index (Phi) is 6.30. The zero-order valence-corrected chi connectivity index (χ0v) is 19.8. The van der Waals surface area contributed by atoms with Crippen LogP contribution >= 0.6 is 0 Å². The van der Waals surface area contributed by atoms with Gasteiger partial charge in [0.2, 0.25) is 0 Å². The van der Waals surface area contributed by atoms with E-state index in [1.165, 1.54) is 41.5 Å². The molecule has 0 aliphatic heterocycles. The van der Waals surface area contributed by atoms with Crippen molar-refractivity contribution in [2.24, 2.45) is 17.8 Å². The van der Waals surface area contributed by atoms with Crippen LogP contribution in [-0.4, -0.2) is 15.6 Å². The second kappa shape index (κ2) is 9.30. The lowest BCUT2D eigenvalue weighted by Crippen LogP contribution is -2.20. The lowest BCUT2D eigenvalue weighted by atomic mass is 9.79. The minimum Gasteiger partial charge on any atom is -0.487 e. The number of aryl methyl sites for hydroxylation is 1. The molecule has 190 valence electrons. The third-order valence-corrected chi connectivity index (χ3v) is 7.70. The topological polar surface area (TPSA) is 51.5 Å². The predicted octanol–water partition coefficient (Wildman–Crippen LogP) is 6.74. The van der Waals surface area contributed by atoms with Crippen molar-refractivity contribution < 1.29 is 32.2 Å². The van der Waals surface area contributed by atoms with E-state index in [0.29, 0.717) is 29.7 Å². The molecule has 3 atom stereocenters. The van der Waals surface area contributed by atoms with Crippen molar-refractivity contribution in [1.82, 2.24) is 4.57 Å². The molecule has 2 aliphatic rings. The van der Waals surface area contributed by atoms with Gasteiger partial charge in [-0.3, -0.25) is 4.79 Å². The molecule has 8 heteroatoms. The van der Waals surface area contributed by atoms with E-state index in [-0.39, 0.29) is 18.7 Å². The Morgan fingerprint density at radius 2 is 1.86 bits per heavy atom. The summed E-state index contributed by atoms with van der Waals surface area (Å²) in [6.07, 6.45) is 0.293. The zero-order valence-electron chi connectivity index (χ0n) is 19.8. The molecule has 0 spiro atoms. The molecule has 4 nitrogen and oxygen atoms in total. The molecule has 0 saturated heterocycles. The Morgan fingerprint density at radius 3 is 2.47 bits per heavy atom. The maximum Gasteiger partial charge on any atom is 0.418 e. The number of halogens is 4. The summed E-state index contributed by atoms with van der Waals surface area (Å²) in [5.41, 5.74) is 2.34. The van der Waals surface area contributed by atoms with Crippen molar-refractivity contribution in [3.8, 4) is 11.4 Å². The van der Waals surface area contributed by atoms with Crippen LogP contribution in [0.2, 0.25) is 0 Å². The number of hydrogen-bond donors (Lipinski definition) is 1. The number of carboxylic acids is 1. The highest BCUT2D eigenvalue weighted by Crippen LogP contribution is 2.61. The van der Waals surface area contributed by atoms with Crippen LogP contribution in [0.4, 0.5) is 17.6 Å². The van der Waals surface area contributed by atoms with Gasteiger partial charge in [-0.05, 0) is 103 Å². The number of ether oxygens (including phenoxy) is 1. The molecule has 2 saturated carbocycles. The molecule has 2 fully saturated rings. The van der Waals surface area contributed by atoms with Gasteiger partial charge in [0.15, 0.2) is 0 Å². The van der Waals surface area contributed by atoms with Crippen LogP contribution in [0, 0.1) is 30.5 Å². The Balaban J connectivity index is 1.46. The molecule has 2 aromatic carbocycles. The molecule has 0 amide bonds. The van der Waals surface area contributed by atoms with Crippen LogP contribution in [0.15, 0.2) is 48.7 Å². The SMILES string of the molecule is Cc1c(CCC(=O)O)ccc(OCc2c(C(F)(F)F)ccn2-c2ccc(F)cc2)c1C[C@H]1CC2C[C@@H]21. The van der Waals surface area contributed by atoms with Gasteiger partial charge in [0.05, 0.1) is 11.3 Å². The van der Waals surface area contributed by atoms with E-state index in [9.17, 15) is 22.4 Å². The van der Waals surface area contributed by atoms with Crippen LogP contribution in [0.1, 0.15) is 47.2 Å². The van der Waals surface area contributed by atoms with Crippen molar-refractivity contribution in [1.29, 1.82) is 0 Å². The molecule has 1 aromatic heterocycles. The Labute approximate surface area is 206 Å². The third-order valence-electron chi connectivity index (χ3n) is 7.70. The van der Waals surface area contributed by atoms with Crippen LogP contribution in [0.3, 0.4) is 0 Å². The Hall–Kier alpha value is -3.29. The molecule has 2 aliphatic carbocycles. The smallest absolute Gasteiger partial charge is 0.418 e. The first-order chi connectivity index (χ1) is 17.1. The van der Waals surface area contributed by atoms with E-state index in [4.69, 9.17) is 9.84 Å². The molecule has 5 rings (SSSR count). The Morgan fingerprint density at radius 1 is 1.11 bits per heavy atom. The van der Waals surface area contributed by atoms with Crippen molar-refractivity contribution in [2.45, 2.75) is 51.8 Å². The maximum absolute atomic E-state index is 13.8. The maximum atomic E-state index is 13.8. The van der Waals surface area contributed by atoms with Gasteiger partial charge in [-0.1, -0.05) is 6.07 Å². The monoisotopic (exact) mass is 501 g/mol. The molecule has 1 N–H and O–H groups in total. The fraction of sp³-hybridized carbons (Fsp3) is 0.393. The number of carboxylic acid groups (broad SMARTS) is 1. The van der Waals surface area contributed by atoms with Gasteiger partial charge in [-0.25, -0.2) is 4.39 Å². The first-order valence-corrected chi connectivity index (χ1v) is 12.1. The summed E-state index contributed by atoms with van der Waals surface area (Å²) >= 11 is 0. The summed E-state index contributed by atoms with van der Waals surface area (Å²) in [7, 11) is 0. The van der Waals surface area contributed by atoms with E-state index >= 15 is 0 Å². The summed E-state index contributed by atoms with van der Waals surface area (Å²) in [4.78, 5) is 11.1. The number of rotatable bonds is 9. The number of carbonyl (C=O) groups is 1. The van der Waals surface area contributed by atoms with E-state index in [2.05, 4.69) is 0 Å². The summed E-state index contributed by atoms with van der Waals surface area (Å²) in [5.74, 6) is 1.22. The van der Waals surface area contributed by atoms with E-state index in [1.807, 2.05) is 13.0 Å². The zero-order chi connectivity index (χ0) is 25.6. The molecule has 0 radical (unpaired) electrons. The molecule has 1 unspecified atom stereocenters. The van der Waals surface area contributed by atoms with Crippen molar-refractivity contribution >= 4 is 5.97 Å². The number of hydrogen-bond acceptors (Lipinski definition) is 2. The van der Waals surface area contributed by atoms with Crippen LogP contribution in [0.25, 0.3) is 5.69 Å². The molecule has 1 heterocycles. The highest BCUT2D eigenvalue weighted by atomic mass is 19.4. The average molecular weight is 502 g/mol. The first kappa shape index (κ1) is 24.4. The van der Waals surface area contributed by atoms with E-state index in [0.717, 1.165) is 41.5 Å². The highest BCUT2D eigenvalue weighted by Gasteiger charge is 2.53. The standard InChI is InChI=1S/C28H27F4NO3/c1-16-17(3-9-27(34)35)2-8-26(22(16)13-18-12-19-14-23(18)19)36-15-25-24(28(30,31)32)10-11-33(25)21-6-4-20(29)5-7-21/h2,4-8,10-11,18-19,23H,3,9,12-15H2,1H3,(H,34,35)/t18-,19?,23-/m1/s1. The number of aromatic nitrogens is 1. The van der Waals surface area contributed by atoms with Crippen LogP contribution in [-0.2, 0) is 30.4 Å². The van der Waals surface area contributed by atoms with Crippen LogP contribution in [0.5, 0.6) is 5.75 Å². The largest absolute Gasteiger partial charge is 0.487 e. The molecule has 0 bridgehead atoms. The number of benzene rings is 2. The molecular weight excluding hydrogens is 474 g/mol. The molecule has 3 aromatic rings. The lowest BCUT2D eigenvalue weighted by molar-refractivity contribution is -0.139. The van der Waals surface area contributed by atoms with Gasteiger partial charge in [0.25, 0.3) is 0 Å². The van der Waals surface area contributed by atoms with Crippen LogP contribution < -0.4 is 4.74 Å². The second-order valence-corrected chi connectivity index (χ2v) is 9.89. The van der Waals surface area contributed by atoms with E-state index < -0.39 is 23.5 Å². The number of alkyl halides is 3. The van der Waals surface area contributed by atoms with Crippen molar-refractivity contribution in [3.63, 3.8) is 0 Å². The second-order valence-electron chi connectivity index (χ2n) is 9.89. The number of aliphatic carboxylic acids is 1. The quantitative estimate of drug-likeness (QED) is 0.331. The Bertz CT molecular complexity index is 1280. The predicted molar refractivity (Wildman–Crippen MR) is 126 cm³/mol. The van der Waals surface area contributed by atoms with Gasteiger partial charge in [0, 0.05) is 18.3 Å². The van der Waals surface area contributed by atoms with Crippen molar-refractivity contribution in [2.75, 3.05) is 0 Å². The van der Waals surface area contributed by atoms with Gasteiger partial charge >= 0.3 is 12.1 Å². The van der Waals surface area contributed by atoms with Gasteiger partial charge in [-0.2, -0.15) is 13.2 Å². The van der Waals surface area contributed by atoms with Crippen molar-refractivity contribution in [3.05, 3.63) is 82.4 Å². The summed E-state index contributed by atoms with van der Waals surface area (Å²) in [6.45, 7) is 1.61. The third kappa shape index (κ3) is 4.86. The minimum atomic E-state index is -4.57. The number of nitrogens with zero attached hydrogens (tertiary/aromatic N) is 1. The normalized spacial score (nSPS) is 20.5. The van der Waals surface area contributed by atoms with Gasteiger partial charge in [-0.15, -0.1) is 0 Å². The van der Waals surface area contributed by atoms with Gasteiger partial charge < -0.3 is 14.4 Å². The summed E-state index contributed by atoms with van der Waals surface area (Å²) < 4.78 is 62.3. The highest BCUT2D eigenvalue weighted by molar-refractivity contribution is 5.67. The summed E-state index contributed by atoms with van der Waals surface area (Å²) in [6, 6.07) is 9.82.